The van der Waals surface area contributed by atoms with Crippen LogP contribution >= 0.6 is 15.9 Å². The van der Waals surface area contributed by atoms with Crippen LogP contribution in [0.3, 0.4) is 0 Å². The van der Waals surface area contributed by atoms with Crippen molar-refractivity contribution in [1.82, 2.24) is 0 Å². The van der Waals surface area contributed by atoms with Crippen molar-refractivity contribution in [3.63, 3.8) is 0 Å². The van der Waals surface area contributed by atoms with Crippen molar-refractivity contribution in [2.24, 2.45) is 0 Å². The van der Waals surface area contributed by atoms with Crippen molar-refractivity contribution >= 4 is 27.5 Å². The normalized spacial score (nSPS) is 12.3. The van der Waals surface area contributed by atoms with Gasteiger partial charge >= 0.3 is 0 Å². The molecule has 0 aromatic heterocycles. The van der Waals surface area contributed by atoms with E-state index in [1.165, 1.54) is 0 Å². The SMILES string of the molecule is O=C(Nc1ccccc1)c1cc2c(cc1Br)OCO2. The Morgan fingerprint density at radius 1 is 1.11 bits per heavy atom. The first-order valence-electron chi connectivity index (χ1n) is 5.69. The van der Waals surface area contributed by atoms with Gasteiger partial charge < -0.3 is 14.8 Å². The van der Waals surface area contributed by atoms with Gasteiger partial charge in [-0.25, -0.2) is 0 Å². The Morgan fingerprint density at radius 2 is 1.79 bits per heavy atom. The number of hydrogen-bond acceptors (Lipinski definition) is 3. The Hall–Kier alpha value is -2.01. The minimum atomic E-state index is -0.198. The van der Waals surface area contributed by atoms with Gasteiger partial charge in [0.25, 0.3) is 5.91 Å². The molecule has 19 heavy (non-hydrogen) atoms. The monoisotopic (exact) mass is 319 g/mol. The number of benzene rings is 2. The quantitative estimate of drug-likeness (QED) is 0.922. The predicted molar refractivity (Wildman–Crippen MR) is 74.7 cm³/mol. The molecule has 3 rings (SSSR count). The second-order valence-electron chi connectivity index (χ2n) is 4.01. The van der Waals surface area contributed by atoms with E-state index in [9.17, 15) is 4.79 Å². The zero-order valence-corrected chi connectivity index (χ0v) is 11.4. The summed E-state index contributed by atoms with van der Waals surface area (Å²) < 4.78 is 11.2. The van der Waals surface area contributed by atoms with Crippen molar-refractivity contribution in [3.8, 4) is 11.5 Å². The third-order valence-electron chi connectivity index (χ3n) is 2.74. The smallest absolute Gasteiger partial charge is 0.256 e. The number of para-hydroxylation sites is 1. The van der Waals surface area contributed by atoms with Gasteiger partial charge in [-0.1, -0.05) is 18.2 Å². The molecule has 1 heterocycles. The maximum Gasteiger partial charge on any atom is 0.256 e. The van der Waals surface area contributed by atoms with E-state index in [4.69, 9.17) is 9.47 Å². The van der Waals surface area contributed by atoms with Gasteiger partial charge in [-0.15, -0.1) is 0 Å². The number of ether oxygens (including phenoxy) is 2. The van der Waals surface area contributed by atoms with Crippen LogP contribution in [0.1, 0.15) is 10.4 Å². The number of carbonyl (C=O) groups is 1. The molecule has 5 heteroatoms. The maximum absolute atomic E-state index is 12.2. The van der Waals surface area contributed by atoms with Gasteiger partial charge in [-0.05, 0) is 40.2 Å². The first-order chi connectivity index (χ1) is 9.24. The molecule has 0 bridgehead atoms. The van der Waals surface area contributed by atoms with Crippen LogP contribution < -0.4 is 14.8 Å². The number of carbonyl (C=O) groups excluding carboxylic acids is 1. The maximum atomic E-state index is 12.2. The average molecular weight is 320 g/mol. The Kier molecular flexibility index (Phi) is 3.13. The lowest BCUT2D eigenvalue weighted by Gasteiger charge is -2.07. The summed E-state index contributed by atoms with van der Waals surface area (Å²) in [4.78, 5) is 12.2. The molecule has 0 fully saturated rings. The van der Waals surface area contributed by atoms with E-state index in [1.54, 1.807) is 12.1 Å². The van der Waals surface area contributed by atoms with E-state index in [-0.39, 0.29) is 12.7 Å². The molecular formula is C14H10BrNO3. The summed E-state index contributed by atoms with van der Waals surface area (Å²) in [6.45, 7) is 0.186. The largest absolute Gasteiger partial charge is 0.454 e. The van der Waals surface area contributed by atoms with Crippen LogP contribution in [-0.4, -0.2) is 12.7 Å². The molecule has 96 valence electrons. The second-order valence-corrected chi connectivity index (χ2v) is 4.86. The van der Waals surface area contributed by atoms with Crippen LogP contribution in [0.25, 0.3) is 0 Å². The number of hydrogen-bond donors (Lipinski definition) is 1. The van der Waals surface area contributed by atoms with Crippen LogP contribution in [-0.2, 0) is 0 Å². The van der Waals surface area contributed by atoms with Crippen LogP contribution in [0, 0.1) is 0 Å². The average Bonchev–Trinajstić information content (AvgIpc) is 2.86. The van der Waals surface area contributed by atoms with Crippen LogP contribution in [0.2, 0.25) is 0 Å². The number of halogens is 1. The van der Waals surface area contributed by atoms with E-state index in [1.807, 2.05) is 30.3 Å². The van der Waals surface area contributed by atoms with Crippen molar-refractivity contribution in [2.45, 2.75) is 0 Å². The summed E-state index contributed by atoms with van der Waals surface area (Å²) in [5.74, 6) is 1.03. The fourth-order valence-electron chi connectivity index (χ4n) is 1.81. The zero-order chi connectivity index (χ0) is 13.2. The van der Waals surface area contributed by atoms with Crippen LogP contribution in [0.4, 0.5) is 5.69 Å². The molecule has 4 nitrogen and oxygen atoms in total. The second kappa shape index (κ2) is 4.93. The van der Waals surface area contributed by atoms with Crippen molar-refractivity contribution in [1.29, 1.82) is 0 Å². The summed E-state index contributed by atoms with van der Waals surface area (Å²) in [7, 11) is 0. The summed E-state index contributed by atoms with van der Waals surface area (Å²) in [5, 5.41) is 2.82. The van der Waals surface area contributed by atoms with Gasteiger partial charge in [0.2, 0.25) is 6.79 Å². The topological polar surface area (TPSA) is 47.6 Å². The van der Waals surface area contributed by atoms with Gasteiger partial charge in [-0.2, -0.15) is 0 Å². The molecule has 0 saturated carbocycles. The first kappa shape index (κ1) is 12.0. The Morgan fingerprint density at radius 3 is 2.53 bits per heavy atom. The van der Waals surface area contributed by atoms with E-state index in [2.05, 4.69) is 21.2 Å². The molecule has 1 amide bonds. The summed E-state index contributed by atoms with van der Waals surface area (Å²) in [5.41, 5.74) is 1.25. The highest BCUT2D eigenvalue weighted by atomic mass is 79.9. The van der Waals surface area contributed by atoms with Crippen molar-refractivity contribution in [2.75, 3.05) is 12.1 Å². The first-order valence-corrected chi connectivity index (χ1v) is 6.49. The minimum Gasteiger partial charge on any atom is -0.454 e. The summed E-state index contributed by atoms with van der Waals surface area (Å²) in [6, 6.07) is 12.7. The third kappa shape index (κ3) is 2.42. The zero-order valence-electron chi connectivity index (χ0n) is 9.85. The van der Waals surface area contributed by atoms with Crippen molar-refractivity contribution < 1.29 is 14.3 Å². The number of amides is 1. The number of anilines is 1. The summed E-state index contributed by atoms with van der Waals surface area (Å²) in [6.07, 6.45) is 0. The fourth-order valence-corrected chi connectivity index (χ4v) is 2.31. The lowest BCUT2D eigenvalue weighted by Crippen LogP contribution is -2.12. The fraction of sp³-hybridized carbons (Fsp3) is 0.0714. The molecule has 1 aliphatic rings. The highest BCUT2D eigenvalue weighted by molar-refractivity contribution is 9.10. The van der Waals surface area contributed by atoms with E-state index >= 15 is 0 Å². The molecular weight excluding hydrogens is 310 g/mol. The van der Waals surface area contributed by atoms with E-state index < -0.39 is 0 Å². The molecule has 2 aromatic carbocycles. The van der Waals surface area contributed by atoms with Gasteiger partial charge in [0.15, 0.2) is 11.5 Å². The lowest BCUT2D eigenvalue weighted by molar-refractivity contribution is 0.102. The van der Waals surface area contributed by atoms with Gasteiger partial charge in [0.1, 0.15) is 0 Å². The minimum absolute atomic E-state index is 0.186. The van der Waals surface area contributed by atoms with Crippen molar-refractivity contribution in [3.05, 3.63) is 52.5 Å². The molecule has 0 radical (unpaired) electrons. The Labute approximate surface area is 118 Å². The van der Waals surface area contributed by atoms with E-state index in [0.29, 0.717) is 21.5 Å². The third-order valence-corrected chi connectivity index (χ3v) is 3.39. The Bertz CT molecular complexity index is 628. The number of nitrogens with one attached hydrogen (secondary N) is 1. The molecule has 0 unspecified atom stereocenters. The molecule has 1 aliphatic heterocycles. The van der Waals surface area contributed by atoms with Gasteiger partial charge in [0, 0.05) is 10.2 Å². The van der Waals surface area contributed by atoms with Crippen LogP contribution in [0.5, 0.6) is 11.5 Å². The van der Waals surface area contributed by atoms with E-state index in [0.717, 1.165) is 5.69 Å². The number of fused-ring (bicyclic) bond motifs is 1. The molecule has 0 aliphatic carbocycles. The molecule has 2 aromatic rings. The number of rotatable bonds is 2. The highest BCUT2D eigenvalue weighted by Crippen LogP contribution is 2.37. The van der Waals surface area contributed by atoms with Gasteiger partial charge in [-0.3, -0.25) is 4.79 Å². The molecule has 1 N–H and O–H groups in total. The molecule has 0 spiro atoms. The van der Waals surface area contributed by atoms with Crippen LogP contribution in [0.15, 0.2) is 46.9 Å². The molecule has 0 saturated heterocycles. The lowest BCUT2D eigenvalue weighted by atomic mass is 10.2. The molecule has 0 atom stereocenters. The Balaban J connectivity index is 1.88. The predicted octanol–water partition coefficient (Wildman–Crippen LogP) is 3.43. The summed E-state index contributed by atoms with van der Waals surface area (Å²) >= 11 is 3.37. The van der Waals surface area contributed by atoms with Gasteiger partial charge in [0.05, 0.1) is 5.56 Å². The highest BCUT2D eigenvalue weighted by Gasteiger charge is 2.19. The standard InChI is InChI=1S/C14H10BrNO3/c15-11-7-13-12(18-8-19-13)6-10(11)14(17)16-9-4-2-1-3-5-9/h1-7H,8H2,(H,16,17).